The van der Waals surface area contributed by atoms with Crippen molar-refractivity contribution in [3.63, 3.8) is 0 Å². The lowest BCUT2D eigenvalue weighted by atomic mass is 9.96. The molecule has 0 fully saturated rings. The normalized spacial score (nSPS) is 15.1. The second-order valence-electron chi connectivity index (χ2n) is 5.13. The minimum Gasteiger partial charge on any atom is -0.481 e. The quantitative estimate of drug-likeness (QED) is 0.490. The average molecular weight is 244 g/mol. The molecule has 0 aromatic heterocycles. The third kappa shape index (κ3) is 4.28. The van der Waals surface area contributed by atoms with Crippen molar-refractivity contribution < 1.29 is 9.90 Å². The molecule has 0 aliphatic heterocycles. The van der Waals surface area contributed by atoms with Crippen molar-refractivity contribution in [2.45, 2.75) is 76.9 Å². The fourth-order valence-electron chi connectivity index (χ4n) is 2.42. The molecular formula is C13H28O2Si. The first-order valence-electron chi connectivity index (χ1n) is 6.74. The molecule has 0 saturated heterocycles. The Morgan fingerprint density at radius 3 is 2.06 bits per heavy atom. The van der Waals surface area contributed by atoms with Crippen LogP contribution < -0.4 is 0 Å². The van der Waals surface area contributed by atoms with E-state index in [0.29, 0.717) is 0 Å². The Labute approximate surface area is 102 Å². The van der Waals surface area contributed by atoms with Crippen molar-refractivity contribution in [1.82, 2.24) is 0 Å². The van der Waals surface area contributed by atoms with Crippen LogP contribution >= 0.6 is 0 Å². The van der Waals surface area contributed by atoms with Crippen molar-refractivity contribution in [3.8, 4) is 0 Å². The van der Waals surface area contributed by atoms with Gasteiger partial charge in [-0.15, -0.1) is 0 Å². The molecule has 0 radical (unpaired) electrons. The highest BCUT2D eigenvalue weighted by molar-refractivity contribution is 6.63. The molecule has 96 valence electrons. The summed E-state index contributed by atoms with van der Waals surface area (Å²) in [4.78, 5) is 11.4. The van der Waals surface area contributed by atoms with Gasteiger partial charge in [0.1, 0.15) is 0 Å². The largest absolute Gasteiger partial charge is 0.481 e. The van der Waals surface area contributed by atoms with Crippen LogP contribution in [0.15, 0.2) is 0 Å². The lowest BCUT2D eigenvalue weighted by molar-refractivity contribution is -0.141. The van der Waals surface area contributed by atoms with Crippen LogP contribution in [0.1, 0.15) is 58.8 Å². The zero-order chi connectivity index (χ0) is 12.6. The number of carbonyl (C=O) groups is 1. The summed E-state index contributed by atoms with van der Waals surface area (Å²) in [5.74, 6) is -0.549. The zero-order valence-corrected chi connectivity index (χ0v) is 12.5. The van der Waals surface area contributed by atoms with Gasteiger partial charge in [-0.25, -0.2) is 0 Å². The first kappa shape index (κ1) is 15.7. The Balaban J connectivity index is 4.17. The van der Waals surface area contributed by atoms with Crippen LogP contribution in [-0.4, -0.2) is 19.9 Å². The number of rotatable bonds is 9. The maximum Gasteiger partial charge on any atom is 0.306 e. The van der Waals surface area contributed by atoms with Crippen LogP contribution in [-0.2, 0) is 4.79 Å². The number of hydrogen-bond acceptors (Lipinski definition) is 1. The average Bonchev–Trinajstić information content (AvgIpc) is 2.22. The molecule has 16 heavy (non-hydrogen) atoms. The van der Waals surface area contributed by atoms with E-state index in [1.54, 1.807) is 0 Å². The van der Waals surface area contributed by atoms with Gasteiger partial charge in [-0.2, -0.15) is 0 Å². The van der Waals surface area contributed by atoms with E-state index in [4.69, 9.17) is 0 Å². The number of unbranched alkanes of at least 4 members (excludes halogenated alkanes) is 4. The lowest BCUT2D eigenvalue weighted by Gasteiger charge is -2.31. The summed E-state index contributed by atoms with van der Waals surface area (Å²) < 4.78 is 0. The summed E-state index contributed by atoms with van der Waals surface area (Å²) in [5, 5.41) is 9.08. The van der Waals surface area contributed by atoms with Crippen molar-refractivity contribution in [2.75, 3.05) is 0 Å². The lowest BCUT2D eigenvalue weighted by Crippen LogP contribution is -2.35. The SMILES string of the molecule is CCCCCCCC(CC)(C(=O)O)[SiH](C)C. The molecule has 0 aliphatic rings. The summed E-state index contributed by atoms with van der Waals surface area (Å²) >= 11 is 0. The Bertz CT molecular complexity index is 204. The highest BCUT2D eigenvalue weighted by Gasteiger charge is 2.39. The molecule has 2 nitrogen and oxygen atoms in total. The molecule has 1 N–H and O–H groups in total. The first-order chi connectivity index (χ1) is 7.51. The highest BCUT2D eigenvalue weighted by atomic mass is 28.3. The Morgan fingerprint density at radius 1 is 1.12 bits per heavy atom. The number of hydrogen-bond donors (Lipinski definition) is 1. The first-order valence-corrected chi connectivity index (χ1v) is 9.63. The maximum absolute atomic E-state index is 11.4. The van der Waals surface area contributed by atoms with E-state index in [-0.39, 0.29) is 5.04 Å². The molecule has 0 rings (SSSR count). The molecule has 0 aromatic rings. The fraction of sp³-hybridized carbons (Fsp3) is 0.923. The summed E-state index contributed by atoms with van der Waals surface area (Å²) in [6.07, 6.45) is 7.78. The number of aliphatic carboxylic acids is 1. The second-order valence-corrected chi connectivity index (χ2v) is 8.55. The van der Waals surface area contributed by atoms with Crippen LogP contribution in [0.4, 0.5) is 0 Å². The Kier molecular flexibility index (Phi) is 7.72. The van der Waals surface area contributed by atoms with E-state index in [1.807, 2.05) is 6.92 Å². The minimum atomic E-state index is -1.14. The van der Waals surface area contributed by atoms with E-state index < -0.39 is 14.8 Å². The molecule has 0 aromatic carbocycles. The predicted octanol–water partition coefficient (Wildman–Crippen LogP) is 4.07. The van der Waals surface area contributed by atoms with Crippen LogP contribution in [0.3, 0.4) is 0 Å². The van der Waals surface area contributed by atoms with Crippen molar-refractivity contribution in [2.24, 2.45) is 0 Å². The molecule has 0 saturated carbocycles. The topological polar surface area (TPSA) is 37.3 Å². The molecule has 0 aliphatic carbocycles. The Hall–Kier alpha value is -0.313. The van der Waals surface area contributed by atoms with E-state index in [1.165, 1.54) is 25.7 Å². The van der Waals surface area contributed by atoms with E-state index in [2.05, 4.69) is 20.0 Å². The number of carboxylic acids is 1. The zero-order valence-electron chi connectivity index (χ0n) is 11.4. The van der Waals surface area contributed by atoms with Gasteiger partial charge in [0.15, 0.2) is 0 Å². The molecule has 0 spiro atoms. The Morgan fingerprint density at radius 2 is 1.69 bits per heavy atom. The van der Waals surface area contributed by atoms with Crippen LogP contribution in [0.5, 0.6) is 0 Å². The summed E-state index contributed by atoms with van der Waals surface area (Å²) in [7, 11) is -1.14. The fourth-order valence-corrected chi connectivity index (χ4v) is 4.51. The van der Waals surface area contributed by atoms with Gasteiger partial charge < -0.3 is 5.11 Å². The predicted molar refractivity (Wildman–Crippen MR) is 72.9 cm³/mol. The van der Waals surface area contributed by atoms with Gasteiger partial charge in [0, 0.05) is 0 Å². The summed E-state index contributed by atoms with van der Waals surface area (Å²) in [6, 6.07) is 0. The molecule has 0 heterocycles. The molecule has 0 bridgehead atoms. The molecule has 0 amide bonds. The molecule has 3 heteroatoms. The molecule has 1 atom stereocenters. The number of carboxylic acid groups (broad SMARTS) is 1. The molecule has 1 unspecified atom stereocenters. The van der Waals surface area contributed by atoms with Crippen molar-refractivity contribution in [3.05, 3.63) is 0 Å². The van der Waals surface area contributed by atoms with E-state index in [9.17, 15) is 9.90 Å². The van der Waals surface area contributed by atoms with Gasteiger partial charge >= 0.3 is 5.97 Å². The van der Waals surface area contributed by atoms with E-state index >= 15 is 0 Å². The van der Waals surface area contributed by atoms with Gasteiger partial charge in [-0.3, -0.25) is 4.79 Å². The maximum atomic E-state index is 11.4. The minimum absolute atomic E-state index is 0.355. The van der Waals surface area contributed by atoms with Crippen molar-refractivity contribution in [1.29, 1.82) is 0 Å². The van der Waals surface area contributed by atoms with Crippen molar-refractivity contribution >= 4 is 14.8 Å². The third-order valence-corrected chi connectivity index (χ3v) is 7.04. The summed E-state index contributed by atoms with van der Waals surface area (Å²) in [6.45, 7) is 8.58. The van der Waals surface area contributed by atoms with Gasteiger partial charge in [0.2, 0.25) is 0 Å². The third-order valence-electron chi connectivity index (χ3n) is 3.89. The van der Waals surface area contributed by atoms with Crippen LogP contribution in [0.2, 0.25) is 18.1 Å². The van der Waals surface area contributed by atoms with Gasteiger partial charge in [0.05, 0.1) is 13.8 Å². The molecular weight excluding hydrogens is 216 g/mol. The van der Waals surface area contributed by atoms with Crippen LogP contribution in [0, 0.1) is 0 Å². The summed E-state index contributed by atoms with van der Waals surface area (Å²) in [5.41, 5.74) is 0. The van der Waals surface area contributed by atoms with Gasteiger partial charge in [-0.1, -0.05) is 59.0 Å². The standard InChI is InChI=1S/C13H28O2Si/c1-5-7-8-9-10-11-13(6-2,12(14)15)16(3)4/h16H,5-11H2,1-4H3,(H,14,15). The monoisotopic (exact) mass is 244 g/mol. The second kappa shape index (κ2) is 7.88. The van der Waals surface area contributed by atoms with E-state index in [0.717, 1.165) is 19.3 Å². The van der Waals surface area contributed by atoms with Gasteiger partial charge in [-0.05, 0) is 12.8 Å². The van der Waals surface area contributed by atoms with Crippen LogP contribution in [0.25, 0.3) is 0 Å². The highest BCUT2D eigenvalue weighted by Crippen LogP contribution is 2.40. The smallest absolute Gasteiger partial charge is 0.306 e. The van der Waals surface area contributed by atoms with Gasteiger partial charge in [0.25, 0.3) is 0 Å².